The third kappa shape index (κ3) is 3.61. The Morgan fingerprint density at radius 1 is 1.19 bits per heavy atom. The molecule has 4 nitrogen and oxygen atoms in total. The summed E-state index contributed by atoms with van der Waals surface area (Å²) in [5.41, 5.74) is 0.550. The Morgan fingerprint density at radius 2 is 1.95 bits per heavy atom. The van der Waals surface area contributed by atoms with Gasteiger partial charge in [-0.1, -0.05) is 18.2 Å². The molecule has 110 valence electrons. The maximum Gasteiger partial charge on any atom is 0.273 e. The summed E-state index contributed by atoms with van der Waals surface area (Å²) in [6.07, 6.45) is 3.41. The summed E-state index contributed by atoms with van der Waals surface area (Å²) in [5, 5.41) is 2.67. The molecule has 1 aliphatic rings. The molecule has 0 unspecified atom stereocenters. The van der Waals surface area contributed by atoms with Crippen molar-refractivity contribution in [3.8, 4) is 5.75 Å². The number of nitrogens with zero attached hydrogens (tertiary/aromatic N) is 2. The van der Waals surface area contributed by atoms with Crippen LogP contribution in [0.5, 0.6) is 5.75 Å². The van der Waals surface area contributed by atoms with Crippen LogP contribution in [0, 0.1) is 0 Å². The Balaban J connectivity index is 1.59. The molecule has 21 heavy (non-hydrogen) atoms. The molecule has 0 atom stereocenters. The molecule has 1 saturated heterocycles. The van der Waals surface area contributed by atoms with Crippen molar-refractivity contribution in [3.05, 3.63) is 46.4 Å². The van der Waals surface area contributed by atoms with Crippen LogP contribution in [0.3, 0.4) is 0 Å². The van der Waals surface area contributed by atoms with Crippen molar-refractivity contribution in [1.29, 1.82) is 0 Å². The van der Waals surface area contributed by atoms with Gasteiger partial charge in [0.2, 0.25) is 0 Å². The van der Waals surface area contributed by atoms with E-state index in [2.05, 4.69) is 4.98 Å². The lowest BCUT2D eigenvalue weighted by molar-refractivity contribution is 0.0719. The van der Waals surface area contributed by atoms with Crippen LogP contribution in [-0.4, -0.2) is 28.9 Å². The van der Waals surface area contributed by atoms with E-state index in [0.717, 1.165) is 36.7 Å². The summed E-state index contributed by atoms with van der Waals surface area (Å²) in [5.74, 6) is 0.869. The van der Waals surface area contributed by atoms with Crippen molar-refractivity contribution < 1.29 is 9.53 Å². The average Bonchev–Trinajstić information content (AvgIpc) is 3.03. The number of amides is 1. The number of ether oxygens (including phenoxy) is 1. The van der Waals surface area contributed by atoms with Crippen LogP contribution in [0.15, 0.2) is 35.7 Å². The molecule has 0 N–H and O–H groups in total. The van der Waals surface area contributed by atoms with E-state index in [1.807, 2.05) is 40.6 Å². The molecular formula is C16H18N2O2S. The Bertz CT molecular complexity index is 591. The summed E-state index contributed by atoms with van der Waals surface area (Å²) in [4.78, 5) is 18.6. The van der Waals surface area contributed by atoms with E-state index in [1.54, 1.807) is 0 Å². The second kappa shape index (κ2) is 6.72. The highest BCUT2D eigenvalue weighted by Gasteiger charge is 2.20. The van der Waals surface area contributed by atoms with Crippen LogP contribution in [-0.2, 0) is 6.61 Å². The zero-order valence-corrected chi connectivity index (χ0v) is 12.6. The molecule has 0 bridgehead atoms. The minimum Gasteiger partial charge on any atom is -0.486 e. The number of likely N-dealkylation sites (tertiary alicyclic amines) is 1. The van der Waals surface area contributed by atoms with Crippen molar-refractivity contribution in [2.24, 2.45) is 0 Å². The number of piperidine rings is 1. The first-order valence-corrected chi connectivity index (χ1v) is 8.12. The summed E-state index contributed by atoms with van der Waals surface area (Å²) in [7, 11) is 0. The predicted octanol–water partition coefficient (Wildman–Crippen LogP) is 3.35. The first-order chi connectivity index (χ1) is 10.3. The highest BCUT2D eigenvalue weighted by molar-refractivity contribution is 7.09. The van der Waals surface area contributed by atoms with Gasteiger partial charge in [-0.05, 0) is 31.4 Å². The van der Waals surface area contributed by atoms with E-state index >= 15 is 0 Å². The Hall–Kier alpha value is -1.88. The fourth-order valence-electron chi connectivity index (χ4n) is 2.40. The summed E-state index contributed by atoms with van der Waals surface area (Å²) in [6.45, 7) is 2.11. The molecule has 5 heteroatoms. The van der Waals surface area contributed by atoms with E-state index in [4.69, 9.17) is 4.74 Å². The molecule has 0 saturated carbocycles. The van der Waals surface area contributed by atoms with Crippen LogP contribution >= 0.6 is 11.3 Å². The molecule has 2 heterocycles. The molecule has 1 aliphatic heterocycles. The van der Waals surface area contributed by atoms with Crippen molar-refractivity contribution >= 4 is 17.2 Å². The highest BCUT2D eigenvalue weighted by Crippen LogP contribution is 2.17. The largest absolute Gasteiger partial charge is 0.486 e. The minimum absolute atomic E-state index is 0.0527. The van der Waals surface area contributed by atoms with Gasteiger partial charge in [0.15, 0.2) is 0 Å². The molecule has 2 aromatic rings. The second-order valence-corrected chi connectivity index (χ2v) is 6.02. The zero-order chi connectivity index (χ0) is 14.5. The number of thiazole rings is 1. The van der Waals surface area contributed by atoms with Crippen LogP contribution in [0.1, 0.15) is 34.8 Å². The third-order valence-electron chi connectivity index (χ3n) is 3.52. The van der Waals surface area contributed by atoms with Gasteiger partial charge in [-0.15, -0.1) is 11.3 Å². The van der Waals surface area contributed by atoms with Crippen molar-refractivity contribution in [2.45, 2.75) is 25.9 Å². The Morgan fingerprint density at radius 3 is 2.71 bits per heavy atom. The van der Waals surface area contributed by atoms with Gasteiger partial charge < -0.3 is 9.64 Å². The number of carbonyl (C=O) groups is 1. The van der Waals surface area contributed by atoms with Crippen molar-refractivity contribution in [2.75, 3.05) is 13.1 Å². The number of hydrogen-bond acceptors (Lipinski definition) is 4. The quantitative estimate of drug-likeness (QED) is 0.870. The zero-order valence-electron chi connectivity index (χ0n) is 11.8. The second-order valence-electron chi connectivity index (χ2n) is 5.08. The molecule has 1 fully saturated rings. The monoisotopic (exact) mass is 302 g/mol. The van der Waals surface area contributed by atoms with Gasteiger partial charge in [0.1, 0.15) is 23.1 Å². The smallest absolute Gasteiger partial charge is 0.273 e. The van der Waals surface area contributed by atoms with Crippen molar-refractivity contribution in [1.82, 2.24) is 9.88 Å². The molecule has 0 aliphatic carbocycles. The molecule has 0 spiro atoms. The highest BCUT2D eigenvalue weighted by atomic mass is 32.1. The van der Waals surface area contributed by atoms with Crippen LogP contribution in [0.4, 0.5) is 0 Å². The maximum atomic E-state index is 12.3. The van der Waals surface area contributed by atoms with Gasteiger partial charge in [-0.2, -0.15) is 0 Å². The fourth-order valence-corrected chi connectivity index (χ4v) is 3.08. The SMILES string of the molecule is O=C(c1csc(COc2ccccc2)n1)N1CCCCC1. The van der Waals surface area contributed by atoms with E-state index in [-0.39, 0.29) is 5.91 Å². The third-order valence-corrected chi connectivity index (χ3v) is 4.34. The number of benzene rings is 1. The first-order valence-electron chi connectivity index (χ1n) is 7.24. The van der Waals surface area contributed by atoms with Gasteiger partial charge in [0, 0.05) is 18.5 Å². The number of rotatable bonds is 4. The standard InChI is InChI=1S/C16H18N2O2S/c19-16(18-9-5-2-6-10-18)14-12-21-15(17-14)11-20-13-7-3-1-4-8-13/h1,3-4,7-8,12H,2,5-6,9-11H2. The van der Waals surface area contributed by atoms with Crippen molar-refractivity contribution in [3.63, 3.8) is 0 Å². The molecular weight excluding hydrogens is 284 g/mol. The Kier molecular flexibility index (Phi) is 4.50. The number of carbonyl (C=O) groups excluding carboxylic acids is 1. The van der Waals surface area contributed by atoms with Crippen LogP contribution in [0.25, 0.3) is 0 Å². The molecule has 3 rings (SSSR count). The van der Waals surface area contributed by atoms with E-state index in [9.17, 15) is 4.79 Å². The lowest BCUT2D eigenvalue weighted by Gasteiger charge is -2.25. The van der Waals surface area contributed by atoms with E-state index in [1.165, 1.54) is 17.8 Å². The molecule has 0 radical (unpaired) electrons. The average molecular weight is 302 g/mol. The van der Waals surface area contributed by atoms with Crippen LogP contribution < -0.4 is 4.74 Å². The van der Waals surface area contributed by atoms with Gasteiger partial charge in [-0.3, -0.25) is 4.79 Å². The lowest BCUT2D eigenvalue weighted by Crippen LogP contribution is -2.35. The number of hydrogen-bond donors (Lipinski definition) is 0. The fraction of sp³-hybridized carbons (Fsp3) is 0.375. The molecule has 1 amide bonds. The van der Waals surface area contributed by atoms with Gasteiger partial charge in [0.25, 0.3) is 5.91 Å². The van der Waals surface area contributed by atoms with Gasteiger partial charge >= 0.3 is 0 Å². The number of para-hydroxylation sites is 1. The van der Waals surface area contributed by atoms with Gasteiger partial charge in [0.05, 0.1) is 0 Å². The van der Waals surface area contributed by atoms with E-state index in [0.29, 0.717) is 12.3 Å². The summed E-state index contributed by atoms with van der Waals surface area (Å²) >= 11 is 1.48. The molecule has 1 aromatic carbocycles. The van der Waals surface area contributed by atoms with Gasteiger partial charge in [-0.25, -0.2) is 4.98 Å². The topological polar surface area (TPSA) is 42.4 Å². The maximum absolute atomic E-state index is 12.3. The van der Waals surface area contributed by atoms with Crippen LogP contribution in [0.2, 0.25) is 0 Å². The Labute approximate surface area is 128 Å². The summed E-state index contributed by atoms with van der Waals surface area (Å²) < 4.78 is 5.65. The normalized spacial score (nSPS) is 15.0. The number of aromatic nitrogens is 1. The minimum atomic E-state index is 0.0527. The van der Waals surface area contributed by atoms with E-state index < -0.39 is 0 Å². The summed E-state index contributed by atoms with van der Waals surface area (Å²) in [6, 6.07) is 9.64. The predicted molar refractivity (Wildman–Crippen MR) is 82.6 cm³/mol. The lowest BCUT2D eigenvalue weighted by atomic mass is 10.1. The first kappa shape index (κ1) is 14.1. The molecule has 1 aromatic heterocycles.